The third kappa shape index (κ3) is 5.13. The minimum Gasteiger partial charge on any atom is -0.497 e. The lowest BCUT2D eigenvalue weighted by Gasteiger charge is -2.19. The molecule has 0 saturated carbocycles. The van der Waals surface area contributed by atoms with E-state index in [0.717, 1.165) is 48.4 Å². The molecule has 8 heteroatoms. The second kappa shape index (κ2) is 8.63. The summed E-state index contributed by atoms with van der Waals surface area (Å²) >= 11 is 0. The molecular formula is C21H29N5O3. The summed E-state index contributed by atoms with van der Waals surface area (Å²) in [5.74, 6) is 2.12. The highest BCUT2D eigenvalue weighted by Crippen LogP contribution is 2.25. The third-order valence-electron chi connectivity index (χ3n) is 4.46. The number of methoxy groups -OCH3 is 1. The van der Waals surface area contributed by atoms with E-state index in [1.807, 2.05) is 50.3 Å². The van der Waals surface area contributed by atoms with Gasteiger partial charge < -0.3 is 14.8 Å². The Balaban J connectivity index is 1.61. The number of ether oxygens (including phenoxy) is 2. The van der Waals surface area contributed by atoms with Crippen LogP contribution in [0.5, 0.6) is 5.75 Å². The van der Waals surface area contributed by atoms with Crippen molar-refractivity contribution in [1.82, 2.24) is 19.6 Å². The number of aromatic nitrogens is 4. The number of anilines is 1. The van der Waals surface area contributed by atoms with E-state index in [9.17, 15) is 4.79 Å². The van der Waals surface area contributed by atoms with E-state index in [1.165, 1.54) is 0 Å². The van der Waals surface area contributed by atoms with Gasteiger partial charge in [-0.2, -0.15) is 0 Å². The van der Waals surface area contributed by atoms with Gasteiger partial charge >= 0.3 is 5.97 Å². The van der Waals surface area contributed by atoms with Crippen LogP contribution in [0.2, 0.25) is 0 Å². The molecule has 0 aliphatic heterocycles. The Morgan fingerprint density at radius 3 is 2.69 bits per heavy atom. The molecule has 8 nitrogen and oxygen atoms in total. The Kier molecular flexibility index (Phi) is 6.20. The zero-order chi connectivity index (χ0) is 21.0. The highest BCUT2D eigenvalue weighted by molar-refractivity contribution is 5.84. The summed E-state index contributed by atoms with van der Waals surface area (Å²) in [6.07, 6.45) is 3.10. The number of unbranched alkanes of at least 4 members (excludes halogenated alkanes) is 2. The second-order valence-electron chi connectivity index (χ2n) is 8.05. The monoisotopic (exact) mass is 399 g/mol. The van der Waals surface area contributed by atoms with Crippen LogP contribution in [-0.4, -0.2) is 44.8 Å². The van der Waals surface area contributed by atoms with Gasteiger partial charge in [-0.15, -0.1) is 10.2 Å². The van der Waals surface area contributed by atoms with E-state index in [1.54, 1.807) is 7.11 Å². The second-order valence-corrected chi connectivity index (χ2v) is 8.05. The van der Waals surface area contributed by atoms with Gasteiger partial charge in [-0.3, -0.25) is 9.20 Å². The molecule has 156 valence electrons. The van der Waals surface area contributed by atoms with Crippen LogP contribution in [0, 0.1) is 6.92 Å². The fraction of sp³-hybridized carbons (Fsp3) is 0.524. The highest BCUT2D eigenvalue weighted by Gasteiger charge is 2.16. The van der Waals surface area contributed by atoms with Crippen molar-refractivity contribution in [3.63, 3.8) is 0 Å². The van der Waals surface area contributed by atoms with E-state index >= 15 is 0 Å². The van der Waals surface area contributed by atoms with Crippen LogP contribution in [0.25, 0.3) is 16.7 Å². The molecule has 1 aromatic carbocycles. The number of rotatable bonds is 8. The van der Waals surface area contributed by atoms with Crippen LogP contribution < -0.4 is 10.1 Å². The molecule has 0 spiro atoms. The molecule has 3 rings (SSSR count). The molecule has 0 aliphatic rings. The predicted octanol–water partition coefficient (Wildman–Crippen LogP) is 3.91. The molecule has 2 aromatic heterocycles. The third-order valence-corrected chi connectivity index (χ3v) is 4.46. The molecule has 0 unspecified atom stereocenters. The first kappa shape index (κ1) is 20.8. The quantitative estimate of drug-likeness (QED) is 0.454. The maximum atomic E-state index is 11.8. The standard InChI is InChI=1S/C21H29N5O3/c1-14-24-25-20-19(22-12-8-6-7-9-18(27)29-21(2,3)4)23-16-11-10-15(28-5)13-17(16)26(14)20/h10-11,13H,6-9,12H2,1-5H3,(H,22,23). The minimum absolute atomic E-state index is 0.141. The fourth-order valence-corrected chi connectivity index (χ4v) is 3.17. The van der Waals surface area contributed by atoms with Crippen LogP contribution in [0.4, 0.5) is 5.82 Å². The summed E-state index contributed by atoms with van der Waals surface area (Å²) in [5, 5.41) is 11.9. The molecule has 1 N–H and O–H groups in total. The molecule has 0 atom stereocenters. The number of nitrogens with zero attached hydrogens (tertiary/aromatic N) is 4. The van der Waals surface area contributed by atoms with Crippen LogP contribution >= 0.6 is 0 Å². The fourth-order valence-electron chi connectivity index (χ4n) is 3.17. The van der Waals surface area contributed by atoms with Gasteiger partial charge in [0, 0.05) is 19.0 Å². The van der Waals surface area contributed by atoms with E-state index < -0.39 is 5.60 Å². The topological polar surface area (TPSA) is 90.6 Å². The van der Waals surface area contributed by atoms with Crippen molar-refractivity contribution in [1.29, 1.82) is 0 Å². The van der Waals surface area contributed by atoms with Crippen molar-refractivity contribution in [2.45, 2.75) is 59.0 Å². The summed E-state index contributed by atoms with van der Waals surface area (Å²) in [7, 11) is 1.64. The number of fused-ring (bicyclic) bond motifs is 3. The van der Waals surface area contributed by atoms with Gasteiger partial charge in [0.05, 0.1) is 18.1 Å². The first-order valence-electron chi connectivity index (χ1n) is 9.94. The van der Waals surface area contributed by atoms with E-state index in [2.05, 4.69) is 15.5 Å². The van der Waals surface area contributed by atoms with E-state index in [-0.39, 0.29) is 5.97 Å². The Bertz CT molecular complexity index is 1010. The zero-order valence-corrected chi connectivity index (χ0v) is 17.8. The first-order chi connectivity index (χ1) is 13.8. The average molecular weight is 399 g/mol. The first-order valence-corrected chi connectivity index (χ1v) is 9.94. The molecule has 29 heavy (non-hydrogen) atoms. The Morgan fingerprint density at radius 1 is 1.17 bits per heavy atom. The highest BCUT2D eigenvalue weighted by atomic mass is 16.6. The Hall–Kier alpha value is -2.90. The number of carbonyl (C=O) groups is 1. The summed E-state index contributed by atoms with van der Waals surface area (Å²) in [5.41, 5.74) is 2.02. The minimum atomic E-state index is -0.424. The van der Waals surface area contributed by atoms with Gasteiger partial charge in [-0.25, -0.2) is 4.98 Å². The zero-order valence-electron chi connectivity index (χ0n) is 17.8. The molecular weight excluding hydrogens is 370 g/mol. The SMILES string of the molecule is COc1ccc2nc(NCCCCCC(=O)OC(C)(C)C)c3nnc(C)n3c2c1. The van der Waals surface area contributed by atoms with Gasteiger partial charge in [-0.05, 0) is 52.7 Å². The summed E-state index contributed by atoms with van der Waals surface area (Å²) in [6, 6.07) is 5.76. The molecule has 0 radical (unpaired) electrons. The summed E-state index contributed by atoms with van der Waals surface area (Å²) in [6.45, 7) is 8.31. The number of esters is 1. The number of aryl methyl sites for hydroxylation is 1. The van der Waals surface area contributed by atoms with Gasteiger partial charge in [0.25, 0.3) is 0 Å². The molecule has 0 amide bonds. The summed E-state index contributed by atoms with van der Waals surface area (Å²) in [4.78, 5) is 16.5. The number of benzene rings is 1. The van der Waals surface area contributed by atoms with Crippen LogP contribution in [0.15, 0.2) is 18.2 Å². The maximum Gasteiger partial charge on any atom is 0.306 e. The average Bonchev–Trinajstić information content (AvgIpc) is 3.05. The largest absolute Gasteiger partial charge is 0.497 e. The lowest BCUT2D eigenvalue weighted by atomic mass is 10.1. The van der Waals surface area contributed by atoms with Crippen LogP contribution in [0.1, 0.15) is 52.3 Å². The molecule has 0 saturated heterocycles. The van der Waals surface area contributed by atoms with Crippen LogP contribution in [-0.2, 0) is 9.53 Å². The number of carbonyl (C=O) groups excluding carboxylic acids is 1. The van der Waals surface area contributed by atoms with Gasteiger partial charge in [0.2, 0.25) is 5.65 Å². The number of nitrogens with one attached hydrogen (secondary N) is 1. The maximum absolute atomic E-state index is 11.8. The number of hydrogen-bond donors (Lipinski definition) is 1. The van der Waals surface area contributed by atoms with E-state index in [0.29, 0.717) is 17.9 Å². The molecule has 0 fully saturated rings. The van der Waals surface area contributed by atoms with E-state index in [4.69, 9.17) is 14.5 Å². The lowest BCUT2D eigenvalue weighted by molar-refractivity contribution is -0.154. The Morgan fingerprint density at radius 2 is 1.97 bits per heavy atom. The number of hydrogen-bond acceptors (Lipinski definition) is 7. The van der Waals surface area contributed by atoms with Crippen molar-refractivity contribution < 1.29 is 14.3 Å². The van der Waals surface area contributed by atoms with Crippen molar-refractivity contribution in [3.05, 3.63) is 24.0 Å². The lowest BCUT2D eigenvalue weighted by Crippen LogP contribution is -2.23. The summed E-state index contributed by atoms with van der Waals surface area (Å²) < 4.78 is 12.6. The molecule has 0 bridgehead atoms. The van der Waals surface area contributed by atoms with Crippen molar-refractivity contribution in [3.8, 4) is 5.75 Å². The molecule has 2 heterocycles. The molecule has 3 aromatic rings. The van der Waals surface area contributed by atoms with Gasteiger partial charge in [-0.1, -0.05) is 6.42 Å². The normalized spacial score (nSPS) is 11.8. The van der Waals surface area contributed by atoms with Crippen LogP contribution in [0.3, 0.4) is 0 Å². The predicted molar refractivity (Wildman–Crippen MR) is 112 cm³/mol. The molecule has 0 aliphatic carbocycles. The van der Waals surface area contributed by atoms with Gasteiger partial charge in [0.15, 0.2) is 5.82 Å². The Labute approximate surface area is 170 Å². The van der Waals surface area contributed by atoms with Crippen molar-refractivity contribution in [2.24, 2.45) is 0 Å². The van der Waals surface area contributed by atoms with Crippen molar-refractivity contribution in [2.75, 3.05) is 19.0 Å². The van der Waals surface area contributed by atoms with Crippen molar-refractivity contribution >= 4 is 28.5 Å². The van der Waals surface area contributed by atoms with Gasteiger partial charge in [0.1, 0.15) is 17.2 Å². The smallest absolute Gasteiger partial charge is 0.306 e.